The topological polar surface area (TPSA) is 121 Å². The van der Waals surface area contributed by atoms with E-state index in [1.54, 1.807) is 28.8 Å². The first kappa shape index (κ1) is 21.5. The highest BCUT2D eigenvalue weighted by Gasteiger charge is 2.26. The first-order chi connectivity index (χ1) is 15.5. The molecule has 4 rings (SSSR count). The largest absolute Gasteiger partial charge is 0.494 e. The number of hydrogen-bond acceptors (Lipinski definition) is 7. The number of aromatic nitrogens is 4. The minimum atomic E-state index is -0.589. The number of carbonyl (C=O) groups is 1. The van der Waals surface area contributed by atoms with Crippen LogP contribution in [0.2, 0.25) is 0 Å². The summed E-state index contributed by atoms with van der Waals surface area (Å²) in [7, 11) is 0. The van der Waals surface area contributed by atoms with Crippen molar-refractivity contribution in [1.82, 2.24) is 19.3 Å². The molecule has 168 valence electrons. The summed E-state index contributed by atoms with van der Waals surface area (Å²) in [5.41, 5.74) is 0.262. The number of anilines is 1. The minimum Gasteiger partial charge on any atom is -0.494 e. The molecule has 0 aliphatic carbocycles. The molecule has 1 aliphatic heterocycles. The summed E-state index contributed by atoms with van der Waals surface area (Å²) in [4.78, 5) is 43.3. The lowest BCUT2D eigenvalue weighted by Crippen LogP contribution is -2.45. The average molecular weight is 439 g/mol. The molecule has 1 N–H and O–H groups in total. The van der Waals surface area contributed by atoms with Crippen molar-refractivity contribution in [1.29, 1.82) is 0 Å². The van der Waals surface area contributed by atoms with E-state index in [0.717, 1.165) is 17.4 Å². The Balaban J connectivity index is 1.67. The quantitative estimate of drug-likeness (QED) is 0.597. The van der Waals surface area contributed by atoms with Crippen molar-refractivity contribution >= 4 is 11.6 Å². The maximum absolute atomic E-state index is 13.3. The van der Waals surface area contributed by atoms with Crippen LogP contribution >= 0.6 is 0 Å². The predicted molar refractivity (Wildman–Crippen MR) is 117 cm³/mol. The van der Waals surface area contributed by atoms with Gasteiger partial charge in [-0.3, -0.25) is 18.7 Å². The third-order valence-corrected chi connectivity index (χ3v) is 5.33. The summed E-state index contributed by atoms with van der Waals surface area (Å²) in [6.07, 6.45) is 2.76. The number of amides is 1. The first-order valence-corrected chi connectivity index (χ1v) is 10.7. The highest BCUT2D eigenvalue weighted by molar-refractivity contribution is 5.90. The van der Waals surface area contributed by atoms with Gasteiger partial charge in [0, 0.05) is 24.3 Å². The normalized spacial score (nSPS) is 12.9. The SMILES string of the molecule is CCOc1ccc(NC(=O)Cn2c(=O)c(-c3noc(CC)n3)c3n(c2=O)CCCC3)cc1. The Morgan fingerprint density at radius 3 is 2.66 bits per heavy atom. The molecule has 0 saturated heterocycles. The van der Waals surface area contributed by atoms with E-state index in [1.165, 1.54) is 0 Å². The fourth-order valence-corrected chi connectivity index (χ4v) is 3.80. The van der Waals surface area contributed by atoms with Crippen LogP contribution in [0.3, 0.4) is 0 Å². The van der Waals surface area contributed by atoms with Crippen molar-refractivity contribution < 1.29 is 14.1 Å². The van der Waals surface area contributed by atoms with E-state index in [2.05, 4.69) is 15.5 Å². The van der Waals surface area contributed by atoms with Gasteiger partial charge >= 0.3 is 5.69 Å². The molecular weight excluding hydrogens is 414 g/mol. The van der Waals surface area contributed by atoms with Gasteiger partial charge < -0.3 is 14.6 Å². The van der Waals surface area contributed by atoms with Gasteiger partial charge in [-0.2, -0.15) is 4.98 Å². The lowest BCUT2D eigenvalue weighted by molar-refractivity contribution is -0.116. The lowest BCUT2D eigenvalue weighted by atomic mass is 10.0. The zero-order valence-electron chi connectivity index (χ0n) is 18.1. The van der Waals surface area contributed by atoms with Gasteiger partial charge in [0.1, 0.15) is 17.9 Å². The molecule has 0 saturated carbocycles. The summed E-state index contributed by atoms with van der Waals surface area (Å²) in [5.74, 6) is 0.752. The molecule has 0 unspecified atom stereocenters. The third-order valence-electron chi connectivity index (χ3n) is 5.33. The molecular formula is C22H25N5O5. The van der Waals surface area contributed by atoms with E-state index in [4.69, 9.17) is 9.26 Å². The second kappa shape index (κ2) is 9.21. The van der Waals surface area contributed by atoms with Crippen LogP contribution in [0.15, 0.2) is 38.4 Å². The summed E-state index contributed by atoms with van der Waals surface area (Å²) < 4.78 is 13.1. The van der Waals surface area contributed by atoms with E-state index < -0.39 is 23.7 Å². The highest BCUT2D eigenvalue weighted by atomic mass is 16.5. The number of carbonyl (C=O) groups excluding carboxylic acids is 1. The Kier molecular flexibility index (Phi) is 6.20. The minimum absolute atomic E-state index is 0.151. The van der Waals surface area contributed by atoms with Crippen molar-refractivity contribution in [2.75, 3.05) is 11.9 Å². The number of benzene rings is 1. The van der Waals surface area contributed by atoms with Gasteiger partial charge in [-0.15, -0.1) is 0 Å². The number of aryl methyl sites for hydroxylation is 1. The van der Waals surface area contributed by atoms with E-state index in [9.17, 15) is 14.4 Å². The molecule has 32 heavy (non-hydrogen) atoms. The molecule has 0 fully saturated rings. The second-order valence-corrected chi connectivity index (χ2v) is 7.48. The zero-order chi connectivity index (χ0) is 22.7. The van der Waals surface area contributed by atoms with Crippen LogP contribution in [0.4, 0.5) is 5.69 Å². The zero-order valence-corrected chi connectivity index (χ0v) is 18.1. The second-order valence-electron chi connectivity index (χ2n) is 7.48. The van der Waals surface area contributed by atoms with E-state index in [0.29, 0.717) is 49.0 Å². The number of nitrogens with one attached hydrogen (secondary N) is 1. The number of nitrogens with zero attached hydrogens (tertiary/aromatic N) is 4. The molecule has 2 aromatic heterocycles. The van der Waals surface area contributed by atoms with Gasteiger partial charge in [-0.05, 0) is 50.5 Å². The van der Waals surface area contributed by atoms with Crippen LogP contribution < -0.4 is 21.3 Å². The monoisotopic (exact) mass is 439 g/mol. The van der Waals surface area contributed by atoms with Gasteiger partial charge in [-0.25, -0.2) is 4.79 Å². The average Bonchev–Trinajstić information content (AvgIpc) is 3.27. The van der Waals surface area contributed by atoms with Crippen LogP contribution in [0.1, 0.15) is 38.3 Å². The Bertz CT molecular complexity index is 1240. The van der Waals surface area contributed by atoms with Crippen LogP contribution in [0, 0.1) is 0 Å². The van der Waals surface area contributed by atoms with Gasteiger partial charge in [0.2, 0.25) is 17.6 Å². The third kappa shape index (κ3) is 4.20. The van der Waals surface area contributed by atoms with Crippen molar-refractivity contribution in [2.24, 2.45) is 0 Å². The Hall–Kier alpha value is -3.69. The highest BCUT2D eigenvalue weighted by Crippen LogP contribution is 2.22. The Labute approximate surface area is 183 Å². The molecule has 0 spiro atoms. The Morgan fingerprint density at radius 2 is 1.97 bits per heavy atom. The van der Waals surface area contributed by atoms with Gasteiger partial charge in [0.25, 0.3) is 5.56 Å². The lowest BCUT2D eigenvalue weighted by Gasteiger charge is -2.21. The van der Waals surface area contributed by atoms with Crippen LogP contribution in [0.5, 0.6) is 5.75 Å². The summed E-state index contributed by atoms with van der Waals surface area (Å²) >= 11 is 0. The number of rotatable bonds is 7. The maximum atomic E-state index is 13.3. The van der Waals surface area contributed by atoms with E-state index in [-0.39, 0.29) is 11.4 Å². The molecule has 0 atom stereocenters. The molecule has 0 bridgehead atoms. The number of fused-ring (bicyclic) bond motifs is 1. The fourth-order valence-electron chi connectivity index (χ4n) is 3.80. The standard InChI is InChI=1S/C22H25N5O5/c1-3-18-24-20(25-32-18)19-16-7-5-6-12-26(16)22(30)27(21(19)29)13-17(28)23-14-8-10-15(11-9-14)31-4-2/h8-11H,3-7,12-13H2,1-2H3,(H,23,28). The van der Waals surface area contributed by atoms with Crippen LogP contribution in [-0.2, 0) is 30.7 Å². The van der Waals surface area contributed by atoms with Crippen LogP contribution in [0.25, 0.3) is 11.4 Å². The van der Waals surface area contributed by atoms with Crippen molar-refractivity contribution in [3.05, 3.63) is 56.7 Å². The van der Waals surface area contributed by atoms with E-state index in [1.807, 2.05) is 13.8 Å². The molecule has 1 aliphatic rings. The molecule has 3 heterocycles. The summed E-state index contributed by atoms with van der Waals surface area (Å²) in [6, 6.07) is 6.86. The summed E-state index contributed by atoms with van der Waals surface area (Å²) in [5, 5.41) is 6.65. The molecule has 1 amide bonds. The molecule has 0 radical (unpaired) electrons. The van der Waals surface area contributed by atoms with Gasteiger partial charge in [-0.1, -0.05) is 12.1 Å². The summed E-state index contributed by atoms with van der Waals surface area (Å²) in [6.45, 7) is 4.35. The molecule has 1 aromatic carbocycles. The molecule has 3 aromatic rings. The maximum Gasteiger partial charge on any atom is 0.331 e. The number of hydrogen-bond donors (Lipinski definition) is 1. The van der Waals surface area contributed by atoms with Gasteiger partial charge in [0.05, 0.1) is 6.61 Å². The molecule has 10 heteroatoms. The Morgan fingerprint density at radius 1 is 1.19 bits per heavy atom. The van der Waals surface area contributed by atoms with Crippen molar-refractivity contribution in [3.8, 4) is 17.1 Å². The molecule has 10 nitrogen and oxygen atoms in total. The predicted octanol–water partition coefficient (Wildman–Crippen LogP) is 2.00. The smallest absolute Gasteiger partial charge is 0.331 e. The first-order valence-electron chi connectivity index (χ1n) is 10.7. The van der Waals surface area contributed by atoms with Crippen LogP contribution in [-0.4, -0.2) is 31.8 Å². The fraction of sp³-hybridized carbons (Fsp3) is 0.409. The van der Waals surface area contributed by atoms with Gasteiger partial charge in [0.15, 0.2) is 0 Å². The van der Waals surface area contributed by atoms with E-state index >= 15 is 0 Å². The van der Waals surface area contributed by atoms with Crippen molar-refractivity contribution in [2.45, 2.75) is 52.6 Å². The number of ether oxygens (including phenoxy) is 1. The van der Waals surface area contributed by atoms with Crippen molar-refractivity contribution in [3.63, 3.8) is 0 Å².